The van der Waals surface area contributed by atoms with E-state index in [4.69, 9.17) is 9.73 Å². The minimum Gasteiger partial charge on any atom is -0.493 e. The molecule has 27 heavy (non-hydrogen) atoms. The van der Waals surface area contributed by atoms with Gasteiger partial charge < -0.3 is 20.3 Å². The number of nitrogens with zero attached hydrogens (tertiary/aromatic N) is 2. The molecular weight excluding hydrogens is 340 g/mol. The predicted molar refractivity (Wildman–Crippen MR) is 110 cm³/mol. The van der Waals surface area contributed by atoms with E-state index < -0.39 is 0 Å². The third-order valence-electron chi connectivity index (χ3n) is 4.50. The van der Waals surface area contributed by atoms with Crippen molar-refractivity contribution in [3.05, 3.63) is 29.3 Å². The maximum atomic E-state index is 11.7. The molecule has 1 heterocycles. The quantitative estimate of drug-likeness (QED) is 0.375. The Hall–Kier alpha value is -2.24. The third kappa shape index (κ3) is 7.12. The summed E-state index contributed by atoms with van der Waals surface area (Å²) in [5.74, 6) is 2.01. The molecule has 0 saturated carbocycles. The van der Waals surface area contributed by atoms with Crippen molar-refractivity contribution in [1.29, 1.82) is 0 Å². The molecule has 0 spiro atoms. The predicted octanol–water partition coefficient (Wildman–Crippen LogP) is 2.85. The number of aryl methyl sites for hydroxylation is 1. The number of amides is 1. The van der Waals surface area contributed by atoms with Crippen molar-refractivity contribution in [1.82, 2.24) is 15.5 Å². The van der Waals surface area contributed by atoms with E-state index in [2.05, 4.69) is 49.6 Å². The molecule has 1 aromatic rings. The van der Waals surface area contributed by atoms with Gasteiger partial charge in [0.15, 0.2) is 5.96 Å². The number of likely N-dealkylation sites (tertiary alicyclic amines) is 1. The van der Waals surface area contributed by atoms with Crippen LogP contribution >= 0.6 is 0 Å². The van der Waals surface area contributed by atoms with E-state index in [9.17, 15) is 4.79 Å². The van der Waals surface area contributed by atoms with Gasteiger partial charge in [-0.2, -0.15) is 0 Å². The molecule has 0 aliphatic carbocycles. The van der Waals surface area contributed by atoms with Crippen LogP contribution in [0.4, 0.5) is 0 Å². The van der Waals surface area contributed by atoms with Gasteiger partial charge in [0.1, 0.15) is 5.75 Å². The largest absolute Gasteiger partial charge is 0.493 e. The molecule has 0 atom stereocenters. The lowest BCUT2D eigenvalue weighted by atomic mass is 10.1. The monoisotopic (exact) mass is 374 g/mol. The third-order valence-corrected chi connectivity index (χ3v) is 4.50. The highest BCUT2D eigenvalue weighted by Crippen LogP contribution is 2.21. The van der Waals surface area contributed by atoms with Crippen LogP contribution in [0.5, 0.6) is 5.75 Å². The zero-order valence-corrected chi connectivity index (χ0v) is 17.0. The average Bonchev–Trinajstić information content (AvgIpc) is 3.07. The smallest absolute Gasteiger partial charge is 0.222 e. The summed E-state index contributed by atoms with van der Waals surface area (Å²) in [7, 11) is 0. The lowest BCUT2D eigenvalue weighted by molar-refractivity contribution is -0.127. The number of nitrogens with one attached hydrogen (secondary N) is 2. The van der Waals surface area contributed by atoms with E-state index in [1.807, 2.05) is 4.90 Å². The highest BCUT2D eigenvalue weighted by molar-refractivity contribution is 5.80. The molecule has 1 amide bonds. The SMILES string of the molecule is CCCOc1cc(C)ccc1CN=C(NCC)NCCCN1CCCC1=O. The summed E-state index contributed by atoms with van der Waals surface area (Å²) in [5, 5.41) is 6.65. The van der Waals surface area contributed by atoms with E-state index >= 15 is 0 Å². The lowest BCUT2D eigenvalue weighted by Crippen LogP contribution is -2.39. The lowest BCUT2D eigenvalue weighted by Gasteiger charge is -2.16. The van der Waals surface area contributed by atoms with Gasteiger partial charge in [-0.3, -0.25) is 4.79 Å². The van der Waals surface area contributed by atoms with Gasteiger partial charge in [-0.05, 0) is 44.7 Å². The van der Waals surface area contributed by atoms with Crippen LogP contribution in [0.3, 0.4) is 0 Å². The molecule has 150 valence electrons. The Balaban J connectivity index is 1.87. The first-order valence-corrected chi connectivity index (χ1v) is 10.2. The zero-order chi connectivity index (χ0) is 19.5. The first-order chi connectivity index (χ1) is 13.1. The highest BCUT2D eigenvalue weighted by Gasteiger charge is 2.18. The van der Waals surface area contributed by atoms with E-state index in [-0.39, 0.29) is 5.91 Å². The molecule has 2 rings (SSSR count). The summed E-state index contributed by atoms with van der Waals surface area (Å²) in [6.45, 7) is 10.8. The molecule has 0 bridgehead atoms. The number of carbonyl (C=O) groups excluding carboxylic acids is 1. The topological polar surface area (TPSA) is 66.0 Å². The summed E-state index contributed by atoms with van der Waals surface area (Å²) in [6, 6.07) is 6.26. The van der Waals surface area contributed by atoms with Gasteiger partial charge >= 0.3 is 0 Å². The molecular formula is C21H34N4O2. The Kier molecular flexibility index (Phi) is 8.95. The van der Waals surface area contributed by atoms with Crippen molar-refractivity contribution in [2.45, 2.75) is 53.0 Å². The second-order valence-corrected chi connectivity index (χ2v) is 6.92. The van der Waals surface area contributed by atoms with Crippen LogP contribution in [0.25, 0.3) is 0 Å². The van der Waals surface area contributed by atoms with E-state index in [1.165, 1.54) is 5.56 Å². The number of rotatable bonds is 10. The van der Waals surface area contributed by atoms with Crippen LogP contribution in [-0.2, 0) is 11.3 Å². The van der Waals surface area contributed by atoms with E-state index in [1.54, 1.807) is 0 Å². The van der Waals surface area contributed by atoms with Crippen molar-refractivity contribution >= 4 is 11.9 Å². The van der Waals surface area contributed by atoms with Crippen molar-refractivity contribution < 1.29 is 9.53 Å². The van der Waals surface area contributed by atoms with Crippen LogP contribution in [-0.4, -0.2) is 49.6 Å². The molecule has 1 aromatic carbocycles. The van der Waals surface area contributed by atoms with Crippen molar-refractivity contribution in [2.75, 3.05) is 32.8 Å². The van der Waals surface area contributed by atoms with Gasteiger partial charge in [0.05, 0.1) is 13.2 Å². The Labute approximate surface area is 163 Å². The second-order valence-electron chi connectivity index (χ2n) is 6.92. The van der Waals surface area contributed by atoms with Crippen LogP contribution in [0, 0.1) is 6.92 Å². The fraction of sp³-hybridized carbons (Fsp3) is 0.619. The molecule has 0 radical (unpaired) electrons. The Morgan fingerprint density at radius 3 is 2.85 bits per heavy atom. The van der Waals surface area contributed by atoms with E-state index in [0.29, 0.717) is 19.6 Å². The molecule has 1 aliphatic heterocycles. The van der Waals surface area contributed by atoms with Crippen molar-refractivity contribution in [3.63, 3.8) is 0 Å². The van der Waals surface area contributed by atoms with Gasteiger partial charge in [-0.15, -0.1) is 0 Å². The number of aliphatic imine (C=N–C) groups is 1. The Morgan fingerprint density at radius 2 is 2.15 bits per heavy atom. The fourth-order valence-corrected chi connectivity index (χ4v) is 3.06. The maximum absolute atomic E-state index is 11.7. The summed E-state index contributed by atoms with van der Waals surface area (Å²) >= 11 is 0. The first-order valence-electron chi connectivity index (χ1n) is 10.2. The molecule has 1 aliphatic rings. The summed E-state index contributed by atoms with van der Waals surface area (Å²) < 4.78 is 5.88. The average molecular weight is 375 g/mol. The van der Waals surface area contributed by atoms with Crippen molar-refractivity contribution in [2.24, 2.45) is 4.99 Å². The summed E-state index contributed by atoms with van der Waals surface area (Å²) in [5.41, 5.74) is 2.28. The van der Waals surface area contributed by atoms with Gasteiger partial charge in [-0.1, -0.05) is 19.1 Å². The molecule has 6 nitrogen and oxygen atoms in total. The molecule has 1 saturated heterocycles. The van der Waals surface area contributed by atoms with Gasteiger partial charge in [-0.25, -0.2) is 4.99 Å². The zero-order valence-electron chi connectivity index (χ0n) is 17.0. The van der Waals surface area contributed by atoms with Crippen LogP contribution < -0.4 is 15.4 Å². The minimum absolute atomic E-state index is 0.287. The standard InChI is InChI=1S/C21H34N4O2/c1-4-14-27-19-15-17(3)9-10-18(19)16-24-21(22-5-2)23-11-7-13-25-12-6-8-20(25)26/h9-10,15H,4-8,11-14,16H2,1-3H3,(H2,22,23,24). The maximum Gasteiger partial charge on any atom is 0.222 e. The molecule has 6 heteroatoms. The van der Waals surface area contributed by atoms with Gasteiger partial charge in [0.2, 0.25) is 5.91 Å². The number of ether oxygens (including phenoxy) is 1. The number of hydrogen-bond donors (Lipinski definition) is 2. The highest BCUT2D eigenvalue weighted by atomic mass is 16.5. The normalized spacial score (nSPS) is 14.6. The van der Waals surface area contributed by atoms with Crippen LogP contribution in [0.1, 0.15) is 50.7 Å². The van der Waals surface area contributed by atoms with Crippen molar-refractivity contribution in [3.8, 4) is 5.75 Å². The molecule has 1 fully saturated rings. The first kappa shape index (κ1) is 21.1. The van der Waals surface area contributed by atoms with Crippen LogP contribution in [0.15, 0.2) is 23.2 Å². The number of guanidine groups is 1. The molecule has 0 aromatic heterocycles. The molecule has 0 unspecified atom stereocenters. The minimum atomic E-state index is 0.287. The van der Waals surface area contributed by atoms with Crippen LogP contribution in [0.2, 0.25) is 0 Å². The second kappa shape index (κ2) is 11.5. The fourth-order valence-electron chi connectivity index (χ4n) is 3.06. The van der Waals surface area contributed by atoms with Gasteiger partial charge in [0.25, 0.3) is 0 Å². The number of benzene rings is 1. The van der Waals surface area contributed by atoms with Gasteiger partial charge in [0, 0.05) is 38.2 Å². The number of hydrogen-bond acceptors (Lipinski definition) is 3. The number of carbonyl (C=O) groups is 1. The Bertz CT molecular complexity index is 631. The summed E-state index contributed by atoms with van der Waals surface area (Å²) in [6.07, 6.45) is 3.61. The van der Waals surface area contributed by atoms with E-state index in [0.717, 1.165) is 62.7 Å². The molecule has 2 N–H and O–H groups in total. The Morgan fingerprint density at radius 1 is 1.30 bits per heavy atom. The summed E-state index contributed by atoms with van der Waals surface area (Å²) in [4.78, 5) is 18.3.